The number of anilines is 1. The average Bonchev–Trinajstić information content (AvgIpc) is 2.41. The summed E-state index contributed by atoms with van der Waals surface area (Å²) in [6, 6.07) is 7.42. The summed E-state index contributed by atoms with van der Waals surface area (Å²) in [6.07, 6.45) is -1.23. The van der Waals surface area contributed by atoms with Gasteiger partial charge >= 0.3 is 6.09 Å². The molecule has 0 heterocycles. The van der Waals surface area contributed by atoms with Crippen molar-refractivity contribution >= 4 is 11.8 Å². The summed E-state index contributed by atoms with van der Waals surface area (Å²) in [5.74, 6) is 0. The number of hydrogen-bond acceptors (Lipinski definition) is 5. The molecule has 0 saturated carbocycles. The fourth-order valence-corrected chi connectivity index (χ4v) is 1.53. The van der Waals surface area contributed by atoms with Crippen LogP contribution in [0.15, 0.2) is 24.3 Å². The fourth-order valence-electron chi connectivity index (χ4n) is 1.53. The number of rotatable bonds is 6. The van der Waals surface area contributed by atoms with E-state index in [1.165, 1.54) is 0 Å². The summed E-state index contributed by atoms with van der Waals surface area (Å²) in [4.78, 5) is 11.5. The van der Waals surface area contributed by atoms with E-state index in [2.05, 4.69) is 10.6 Å². The van der Waals surface area contributed by atoms with Crippen LogP contribution in [0.1, 0.15) is 26.3 Å². The van der Waals surface area contributed by atoms with Crippen molar-refractivity contribution in [2.75, 3.05) is 18.5 Å². The normalized spacial score (nSPS) is 12.6. The van der Waals surface area contributed by atoms with Gasteiger partial charge in [-0.3, -0.25) is 0 Å². The number of carbonyl (C=O) groups is 1. The highest BCUT2D eigenvalue weighted by Gasteiger charge is 2.15. The molecule has 118 valence electrons. The third-order valence-electron chi connectivity index (χ3n) is 2.54. The highest BCUT2D eigenvalue weighted by Crippen LogP contribution is 2.10. The largest absolute Gasteiger partial charge is 0.444 e. The van der Waals surface area contributed by atoms with Gasteiger partial charge in [-0.15, -0.1) is 0 Å². The number of ether oxygens (including phenoxy) is 1. The zero-order chi connectivity index (χ0) is 15.9. The maximum Gasteiger partial charge on any atom is 0.407 e. The predicted molar refractivity (Wildman–Crippen MR) is 81.1 cm³/mol. The van der Waals surface area contributed by atoms with Gasteiger partial charge < -0.3 is 25.6 Å². The zero-order valence-electron chi connectivity index (χ0n) is 12.7. The highest BCUT2D eigenvalue weighted by atomic mass is 16.6. The number of amides is 1. The Morgan fingerprint density at radius 3 is 2.43 bits per heavy atom. The van der Waals surface area contributed by atoms with E-state index in [0.717, 1.165) is 11.3 Å². The number of hydrogen-bond donors (Lipinski definition) is 4. The molecule has 1 unspecified atom stereocenters. The maximum absolute atomic E-state index is 11.5. The first kappa shape index (κ1) is 17.3. The van der Waals surface area contributed by atoms with Crippen molar-refractivity contribution in [2.45, 2.75) is 39.0 Å². The van der Waals surface area contributed by atoms with Gasteiger partial charge in [0, 0.05) is 18.8 Å². The SMILES string of the molecule is CC(C)(C)OC(=O)NCc1ccc(NCC(O)CO)cc1. The third kappa shape index (κ3) is 7.53. The Kier molecular flexibility index (Phi) is 6.45. The Labute approximate surface area is 125 Å². The molecule has 1 rings (SSSR count). The zero-order valence-corrected chi connectivity index (χ0v) is 12.7. The monoisotopic (exact) mass is 296 g/mol. The second kappa shape index (κ2) is 7.85. The van der Waals surface area contributed by atoms with E-state index in [9.17, 15) is 9.90 Å². The molecule has 1 atom stereocenters. The van der Waals surface area contributed by atoms with Gasteiger partial charge in [0.2, 0.25) is 0 Å². The fraction of sp³-hybridized carbons (Fsp3) is 0.533. The minimum absolute atomic E-state index is 0.273. The van der Waals surface area contributed by atoms with Gasteiger partial charge in [-0.25, -0.2) is 4.79 Å². The predicted octanol–water partition coefficient (Wildman–Crippen LogP) is 1.48. The molecule has 1 amide bonds. The molecule has 1 aromatic rings. The minimum Gasteiger partial charge on any atom is -0.444 e. The molecule has 0 bridgehead atoms. The number of carbonyl (C=O) groups excluding carboxylic acids is 1. The van der Waals surface area contributed by atoms with E-state index in [0.29, 0.717) is 6.54 Å². The van der Waals surface area contributed by atoms with Crippen molar-refractivity contribution in [1.82, 2.24) is 5.32 Å². The summed E-state index contributed by atoms with van der Waals surface area (Å²) in [7, 11) is 0. The van der Waals surface area contributed by atoms with Crippen LogP contribution in [0.2, 0.25) is 0 Å². The maximum atomic E-state index is 11.5. The Balaban J connectivity index is 2.39. The van der Waals surface area contributed by atoms with E-state index in [1.807, 2.05) is 45.0 Å². The molecule has 0 aliphatic rings. The van der Waals surface area contributed by atoms with Crippen LogP contribution in [-0.2, 0) is 11.3 Å². The molecular formula is C15H24N2O4. The van der Waals surface area contributed by atoms with Crippen molar-refractivity contribution in [1.29, 1.82) is 0 Å². The van der Waals surface area contributed by atoms with Crippen LogP contribution in [-0.4, -0.2) is 41.2 Å². The van der Waals surface area contributed by atoms with Crippen molar-refractivity contribution in [2.24, 2.45) is 0 Å². The van der Waals surface area contributed by atoms with Gasteiger partial charge in [0.15, 0.2) is 0 Å². The topological polar surface area (TPSA) is 90.8 Å². The standard InChI is InChI=1S/C15H24N2O4/c1-15(2,3)21-14(20)17-8-11-4-6-12(7-5-11)16-9-13(19)10-18/h4-7,13,16,18-19H,8-10H2,1-3H3,(H,17,20). The van der Waals surface area contributed by atoms with Gasteiger partial charge in [0.25, 0.3) is 0 Å². The summed E-state index contributed by atoms with van der Waals surface area (Å²) >= 11 is 0. The van der Waals surface area contributed by atoms with Crippen molar-refractivity contribution in [3.63, 3.8) is 0 Å². The molecule has 0 spiro atoms. The second-order valence-electron chi connectivity index (χ2n) is 5.77. The van der Waals surface area contributed by atoms with Crippen molar-refractivity contribution in [3.05, 3.63) is 29.8 Å². The summed E-state index contributed by atoms with van der Waals surface area (Å²) in [5, 5.41) is 23.6. The molecule has 1 aromatic carbocycles. The second-order valence-corrected chi connectivity index (χ2v) is 5.77. The van der Waals surface area contributed by atoms with E-state index >= 15 is 0 Å². The lowest BCUT2D eigenvalue weighted by Crippen LogP contribution is -2.32. The van der Waals surface area contributed by atoms with Gasteiger partial charge in [0.05, 0.1) is 12.7 Å². The van der Waals surface area contributed by atoms with Crippen molar-refractivity contribution in [3.8, 4) is 0 Å². The van der Waals surface area contributed by atoms with Gasteiger partial charge in [-0.05, 0) is 38.5 Å². The highest BCUT2D eigenvalue weighted by molar-refractivity contribution is 5.67. The number of alkyl carbamates (subject to hydrolysis) is 1. The van der Waals surface area contributed by atoms with Crippen LogP contribution in [0.4, 0.5) is 10.5 Å². The number of benzene rings is 1. The number of aliphatic hydroxyl groups excluding tert-OH is 2. The summed E-state index contributed by atoms with van der Waals surface area (Å²) in [6.45, 7) is 5.83. The van der Waals surface area contributed by atoms with Gasteiger partial charge in [-0.1, -0.05) is 12.1 Å². The Morgan fingerprint density at radius 1 is 1.29 bits per heavy atom. The molecule has 0 aromatic heterocycles. The van der Waals surface area contributed by atoms with E-state index in [1.54, 1.807) is 0 Å². The molecule has 4 N–H and O–H groups in total. The molecule has 6 nitrogen and oxygen atoms in total. The van der Waals surface area contributed by atoms with E-state index in [-0.39, 0.29) is 13.2 Å². The molecule has 6 heteroatoms. The Bertz CT molecular complexity index is 440. The first-order chi connectivity index (χ1) is 9.80. The molecule has 0 aliphatic carbocycles. The van der Waals surface area contributed by atoms with Gasteiger partial charge in [0.1, 0.15) is 5.60 Å². The number of nitrogens with one attached hydrogen (secondary N) is 2. The van der Waals surface area contributed by atoms with Crippen molar-refractivity contribution < 1.29 is 19.7 Å². The molecule has 21 heavy (non-hydrogen) atoms. The van der Waals surface area contributed by atoms with E-state index < -0.39 is 17.8 Å². The first-order valence-corrected chi connectivity index (χ1v) is 6.89. The summed E-state index contributed by atoms with van der Waals surface area (Å²) < 4.78 is 5.15. The van der Waals surface area contributed by atoms with Crippen LogP contribution in [0.5, 0.6) is 0 Å². The molecule has 0 fully saturated rings. The summed E-state index contributed by atoms with van der Waals surface area (Å²) in [5.41, 5.74) is 1.27. The van der Waals surface area contributed by atoms with Gasteiger partial charge in [-0.2, -0.15) is 0 Å². The number of aliphatic hydroxyl groups is 2. The van der Waals surface area contributed by atoms with Crippen LogP contribution in [0.25, 0.3) is 0 Å². The quantitative estimate of drug-likeness (QED) is 0.638. The molecule has 0 radical (unpaired) electrons. The van der Waals surface area contributed by atoms with E-state index in [4.69, 9.17) is 9.84 Å². The van der Waals surface area contributed by atoms with Crippen LogP contribution in [0, 0.1) is 0 Å². The van der Waals surface area contributed by atoms with Crippen LogP contribution < -0.4 is 10.6 Å². The molecular weight excluding hydrogens is 272 g/mol. The molecule has 0 aliphatic heterocycles. The smallest absolute Gasteiger partial charge is 0.407 e. The third-order valence-corrected chi connectivity index (χ3v) is 2.54. The van der Waals surface area contributed by atoms with Crippen LogP contribution in [0.3, 0.4) is 0 Å². The first-order valence-electron chi connectivity index (χ1n) is 6.89. The molecule has 0 saturated heterocycles. The lowest BCUT2D eigenvalue weighted by Gasteiger charge is -2.19. The Hall–Kier alpha value is -1.79. The average molecular weight is 296 g/mol. The lowest BCUT2D eigenvalue weighted by molar-refractivity contribution is 0.0523. The minimum atomic E-state index is -0.779. The lowest BCUT2D eigenvalue weighted by atomic mass is 10.2. The Morgan fingerprint density at radius 2 is 1.90 bits per heavy atom. The van der Waals surface area contributed by atoms with Crippen LogP contribution >= 0.6 is 0 Å².